The van der Waals surface area contributed by atoms with Crippen LogP contribution in [0.2, 0.25) is 0 Å². The van der Waals surface area contributed by atoms with Gasteiger partial charge in [-0.2, -0.15) is 0 Å². The first kappa shape index (κ1) is 19.2. The Balaban J connectivity index is 1.74. The summed E-state index contributed by atoms with van der Waals surface area (Å²) in [6.07, 6.45) is 6.01. The molecule has 0 aliphatic heterocycles. The van der Waals surface area contributed by atoms with Crippen LogP contribution in [-0.4, -0.2) is 16.2 Å². The van der Waals surface area contributed by atoms with Crippen molar-refractivity contribution < 1.29 is 4.74 Å². The first-order valence-corrected chi connectivity index (χ1v) is 9.07. The summed E-state index contributed by atoms with van der Waals surface area (Å²) in [7, 11) is 1.62. The maximum atomic E-state index is 11.9. The summed E-state index contributed by atoms with van der Waals surface area (Å²) in [5.74, 6) is 3.54. The van der Waals surface area contributed by atoms with Gasteiger partial charge in [0.05, 0.1) is 5.69 Å². The molecule has 5 nitrogen and oxygen atoms in total. The Morgan fingerprint density at radius 3 is 2.61 bits per heavy atom. The highest BCUT2D eigenvalue weighted by atomic mass is 16.5. The molecular weight excluding hydrogens is 350 g/mol. The summed E-state index contributed by atoms with van der Waals surface area (Å²) in [4.78, 5) is 16.3. The van der Waals surface area contributed by atoms with E-state index in [1.807, 2.05) is 31.2 Å². The molecule has 142 valence electrons. The van der Waals surface area contributed by atoms with Crippen molar-refractivity contribution in [3.63, 3.8) is 0 Å². The Morgan fingerprint density at radius 2 is 1.93 bits per heavy atom. The fraction of sp³-hybridized carbons (Fsp3) is 0.217. The molecule has 0 aliphatic rings. The predicted molar refractivity (Wildman–Crippen MR) is 112 cm³/mol. The van der Waals surface area contributed by atoms with Crippen molar-refractivity contribution in [3.05, 3.63) is 76.2 Å². The molecule has 2 N–H and O–H groups in total. The maximum absolute atomic E-state index is 11.9. The second-order valence-electron chi connectivity index (χ2n) is 6.76. The lowest BCUT2D eigenvalue weighted by Gasteiger charge is -2.13. The van der Waals surface area contributed by atoms with E-state index in [0.717, 1.165) is 28.9 Å². The van der Waals surface area contributed by atoms with Crippen LogP contribution in [0, 0.1) is 12.3 Å². The maximum Gasteiger partial charge on any atom is 0.254 e. The van der Waals surface area contributed by atoms with Gasteiger partial charge in [-0.25, -0.2) is 4.98 Å². The Bertz CT molecular complexity index is 1060. The molecule has 1 aromatic heterocycles. The molecule has 0 amide bonds. The topological polar surface area (TPSA) is 70.1 Å². The summed E-state index contributed by atoms with van der Waals surface area (Å²) in [6.45, 7) is 2.29. The molecule has 0 aliphatic carbocycles. The number of anilines is 1. The third-order valence-electron chi connectivity index (χ3n) is 4.68. The zero-order valence-corrected chi connectivity index (χ0v) is 16.1. The van der Waals surface area contributed by atoms with Gasteiger partial charge in [0, 0.05) is 19.0 Å². The monoisotopic (exact) mass is 373 g/mol. The number of nitrogens with two attached hydrogens (primary N) is 1. The second-order valence-corrected chi connectivity index (χ2v) is 6.76. The van der Waals surface area contributed by atoms with Crippen molar-refractivity contribution in [2.24, 2.45) is 7.05 Å². The molecular formula is C23H23N3O2. The third kappa shape index (κ3) is 4.41. The molecule has 0 saturated heterocycles. The van der Waals surface area contributed by atoms with Crippen LogP contribution in [-0.2, 0) is 13.5 Å². The van der Waals surface area contributed by atoms with E-state index in [1.54, 1.807) is 13.1 Å². The normalized spacial score (nSPS) is 11.6. The quantitative estimate of drug-likeness (QED) is 0.673. The van der Waals surface area contributed by atoms with Crippen LogP contribution in [0.1, 0.15) is 24.1 Å². The SMILES string of the molecule is C#CCOc1cccc(-c2ccc(C[C@H](C)c3cc(=O)n(C)c(N)n3)cc2)c1. The number of ether oxygens (including phenoxy) is 1. The van der Waals surface area contributed by atoms with Gasteiger partial charge in [-0.05, 0) is 35.2 Å². The van der Waals surface area contributed by atoms with E-state index in [-0.39, 0.29) is 24.0 Å². The summed E-state index contributed by atoms with van der Waals surface area (Å²) in [5.41, 5.74) is 9.70. The van der Waals surface area contributed by atoms with Crippen LogP contribution in [0.3, 0.4) is 0 Å². The predicted octanol–water partition coefficient (Wildman–Crippen LogP) is 3.39. The van der Waals surface area contributed by atoms with Gasteiger partial charge in [-0.1, -0.05) is 49.2 Å². The fourth-order valence-corrected chi connectivity index (χ4v) is 3.01. The van der Waals surface area contributed by atoms with E-state index < -0.39 is 0 Å². The standard InChI is InChI=1S/C23H23N3O2/c1-4-12-28-20-7-5-6-19(14-20)18-10-8-17(9-11-18)13-16(2)21-15-22(27)26(3)23(24)25-21/h1,5-11,14-16H,12-13H2,2-3H3,(H2,24,25)/t16-/m0/s1. The number of rotatable bonds is 6. The lowest BCUT2D eigenvalue weighted by Crippen LogP contribution is -2.22. The molecule has 0 saturated carbocycles. The Kier molecular flexibility index (Phi) is 5.81. The number of aromatic nitrogens is 2. The van der Waals surface area contributed by atoms with Crippen LogP contribution in [0.5, 0.6) is 5.75 Å². The number of hydrogen-bond acceptors (Lipinski definition) is 4. The first-order chi connectivity index (χ1) is 13.5. The highest BCUT2D eigenvalue weighted by Crippen LogP contribution is 2.26. The summed E-state index contributed by atoms with van der Waals surface area (Å²) in [6, 6.07) is 17.7. The molecule has 1 heterocycles. The minimum Gasteiger partial charge on any atom is -0.481 e. The van der Waals surface area contributed by atoms with Crippen LogP contribution in [0.15, 0.2) is 59.4 Å². The van der Waals surface area contributed by atoms with Gasteiger partial charge in [0.15, 0.2) is 0 Å². The Hall–Kier alpha value is -3.52. The molecule has 5 heteroatoms. The summed E-state index contributed by atoms with van der Waals surface area (Å²) in [5, 5.41) is 0. The molecule has 0 fully saturated rings. The molecule has 3 aromatic rings. The van der Waals surface area contributed by atoms with Gasteiger partial charge in [-0.3, -0.25) is 9.36 Å². The molecule has 0 radical (unpaired) electrons. The summed E-state index contributed by atoms with van der Waals surface area (Å²) < 4.78 is 6.83. The minimum atomic E-state index is -0.142. The summed E-state index contributed by atoms with van der Waals surface area (Å²) >= 11 is 0. The van der Waals surface area contributed by atoms with Crippen molar-refractivity contribution in [1.29, 1.82) is 0 Å². The average Bonchev–Trinajstić information content (AvgIpc) is 2.71. The molecule has 3 rings (SSSR count). The van der Waals surface area contributed by atoms with Crippen molar-refractivity contribution in [3.8, 4) is 29.2 Å². The van der Waals surface area contributed by atoms with Crippen LogP contribution < -0.4 is 16.0 Å². The molecule has 0 bridgehead atoms. The van der Waals surface area contributed by atoms with E-state index in [1.165, 1.54) is 4.57 Å². The highest BCUT2D eigenvalue weighted by molar-refractivity contribution is 5.65. The van der Waals surface area contributed by atoms with Gasteiger partial charge in [0.25, 0.3) is 5.56 Å². The largest absolute Gasteiger partial charge is 0.481 e. The zero-order chi connectivity index (χ0) is 20.1. The van der Waals surface area contributed by atoms with Crippen LogP contribution in [0.4, 0.5) is 5.95 Å². The fourth-order valence-electron chi connectivity index (χ4n) is 3.01. The smallest absolute Gasteiger partial charge is 0.254 e. The molecule has 0 unspecified atom stereocenters. The van der Waals surface area contributed by atoms with Crippen LogP contribution in [0.25, 0.3) is 11.1 Å². The second kappa shape index (κ2) is 8.45. The number of hydrogen-bond donors (Lipinski definition) is 1. The average molecular weight is 373 g/mol. The third-order valence-corrected chi connectivity index (χ3v) is 4.68. The molecule has 1 atom stereocenters. The molecule has 0 spiro atoms. The molecule has 28 heavy (non-hydrogen) atoms. The number of nitrogens with zero attached hydrogens (tertiary/aromatic N) is 2. The number of terminal acetylenes is 1. The number of benzene rings is 2. The van der Waals surface area contributed by atoms with Crippen molar-refractivity contribution >= 4 is 5.95 Å². The van der Waals surface area contributed by atoms with Gasteiger partial charge < -0.3 is 10.5 Å². The van der Waals surface area contributed by atoms with E-state index >= 15 is 0 Å². The Morgan fingerprint density at radius 1 is 1.18 bits per heavy atom. The van der Waals surface area contributed by atoms with E-state index in [0.29, 0.717) is 5.69 Å². The lowest BCUT2D eigenvalue weighted by molar-refractivity contribution is 0.370. The first-order valence-electron chi connectivity index (χ1n) is 9.07. The number of nitrogen functional groups attached to an aromatic ring is 1. The van der Waals surface area contributed by atoms with Crippen molar-refractivity contribution in [2.45, 2.75) is 19.3 Å². The van der Waals surface area contributed by atoms with E-state index in [4.69, 9.17) is 16.9 Å². The molecule has 2 aromatic carbocycles. The van der Waals surface area contributed by atoms with Crippen molar-refractivity contribution in [2.75, 3.05) is 12.3 Å². The minimum absolute atomic E-state index is 0.0857. The van der Waals surface area contributed by atoms with E-state index in [9.17, 15) is 4.79 Å². The van der Waals surface area contributed by atoms with Crippen molar-refractivity contribution in [1.82, 2.24) is 9.55 Å². The zero-order valence-electron chi connectivity index (χ0n) is 16.1. The van der Waals surface area contributed by atoms with Gasteiger partial charge in [-0.15, -0.1) is 6.42 Å². The van der Waals surface area contributed by atoms with Crippen LogP contribution >= 0.6 is 0 Å². The van der Waals surface area contributed by atoms with Gasteiger partial charge >= 0.3 is 0 Å². The van der Waals surface area contributed by atoms with E-state index in [2.05, 4.69) is 35.2 Å². The highest BCUT2D eigenvalue weighted by Gasteiger charge is 2.12. The lowest BCUT2D eigenvalue weighted by atomic mass is 9.96. The van der Waals surface area contributed by atoms with Gasteiger partial charge in [0.1, 0.15) is 12.4 Å². The Labute approximate surface area is 164 Å². The van der Waals surface area contributed by atoms with Gasteiger partial charge in [0.2, 0.25) is 5.95 Å².